The van der Waals surface area contributed by atoms with E-state index in [0.29, 0.717) is 30.1 Å². The van der Waals surface area contributed by atoms with Crippen LogP contribution >= 0.6 is 0 Å². The van der Waals surface area contributed by atoms with Gasteiger partial charge in [0, 0.05) is 18.7 Å². The van der Waals surface area contributed by atoms with Crippen LogP contribution in [0.2, 0.25) is 0 Å². The van der Waals surface area contributed by atoms with Crippen LogP contribution in [0.4, 0.5) is 0 Å². The number of aromatic carboxylic acids is 1. The van der Waals surface area contributed by atoms with Crippen molar-refractivity contribution in [3.63, 3.8) is 0 Å². The molecular weight excluding hydrogens is 222 g/mol. The zero-order valence-corrected chi connectivity index (χ0v) is 9.38. The van der Waals surface area contributed by atoms with Gasteiger partial charge in [-0.25, -0.2) is 9.78 Å². The standard InChI is InChI=1S/C11H13N3O3/c1-17-7-3-5-14-8(6-7)10(11(15)16)13-9(14)2-4-12/h3,5-6H,2,4,12H2,1H3,(H,15,16). The minimum Gasteiger partial charge on any atom is -0.497 e. The first kappa shape index (κ1) is 11.4. The van der Waals surface area contributed by atoms with Crippen LogP contribution in [0.25, 0.3) is 5.52 Å². The molecule has 0 aliphatic heterocycles. The second kappa shape index (κ2) is 4.42. The number of carboxylic acid groups (broad SMARTS) is 1. The third kappa shape index (κ3) is 1.94. The topological polar surface area (TPSA) is 89.9 Å². The number of nitrogens with zero attached hydrogens (tertiary/aromatic N) is 2. The Balaban J connectivity index is 2.67. The fourth-order valence-corrected chi connectivity index (χ4v) is 1.72. The van der Waals surface area contributed by atoms with Crippen LogP contribution in [0.15, 0.2) is 18.3 Å². The minimum atomic E-state index is -1.06. The summed E-state index contributed by atoms with van der Waals surface area (Å²) in [5.74, 6) is 0.181. The summed E-state index contributed by atoms with van der Waals surface area (Å²) in [6.07, 6.45) is 2.26. The van der Waals surface area contributed by atoms with Crippen molar-refractivity contribution in [3.8, 4) is 5.75 Å². The molecule has 0 aromatic carbocycles. The Bertz CT molecular complexity index is 562. The predicted octanol–water partition coefficient (Wildman–Crippen LogP) is 0.542. The van der Waals surface area contributed by atoms with E-state index >= 15 is 0 Å². The van der Waals surface area contributed by atoms with Crippen LogP contribution in [0.3, 0.4) is 0 Å². The van der Waals surface area contributed by atoms with Crippen LogP contribution in [-0.4, -0.2) is 34.1 Å². The van der Waals surface area contributed by atoms with Crippen molar-refractivity contribution in [3.05, 3.63) is 29.8 Å². The number of carboxylic acids is 1. The Kier molecular flexibility index (Phi) is 2.97. The second-order valence-electron chi connectivity index (χ2n) is 3.54. The molecule has 0 radical (unpaired) electrons. The highest BCUT2D eigenvalue weighted by atomic mass is 16.5. The van der Waals surface area contributed by atoms with Gasteiger partial charge in [-0.2, -0.15) is 0 Å². The number of hydrogen-bond acceptors (Lipinski definition) is 4. The molecule has 0 saturated carbocycles. The molecule has 17 heavy (non-hydrogen) atoms. The number of hydrogen-bond donors (Lipinski definition) is 2. The highest BCUT2D eigenvalue weighted by Crippen LogP contribution is 2.19. The van der Waals surface area contributed by atoms with Gasteiger partial charge in [0.15, 0.2) is 5.69 Å². The summed E-state index contributed by atoms with van der Waals surface area (Å²) in [5, 5.41) is 9.08. The molecule has 0 unspecified atom stereocenters. The lowest BCUT2D eigenvalue weighted by atomic mass is 10.3. The highest BCUT2D eigenvalue weighted by molar-refractivity contribution is 5.94. The third-order valence-electron chi connectivity index (χ3n) is 2.49. The van der Waals surface area contributed by atoms with Crippen LogP contribution in [0.1, 0.15) is 16.3 Å². The van der Waals surface area contributed by atoms with Gasteiger partial charge in [-0.3, -0.25) is 0 Å². The number of fused-ring (bicyclic) bond motifs is 1. The highest BCUT2D eigenvalue weighted by Gasteiger charge is 2.16. The lowest BCUT2D eigenvalue weighted by Crippen LogP contribution is -2.06. The average Bonchev–Trinajstić information content (AvgIpc) is 2.68. The Morgan fingerprint density at radius 3 is 3.00 bits per heavy atom. The van der Waals surface area contributed by atoms with Gasteiger partial charge in [-0.15, -0.1) is 0 Å². The molecule has 0 fully saturated rings. The number of imidazole rings is 1. The molecule has 6 heteroatoms. The predicted molar refractivity (Wildman–Crippen MR) is 61.5 cm³/mol. The third-order valence-corrected chi connectivity index (χ3v) is 2.49. The summed E-state index contributed by atoms with van der Waals surface area (Å²) in [6.45, 7) is 0.421. The van der Waals surface area contributed by atoms with E-state index in [4.69, 9.17) is 15.6 Å². The molecule has 0 spiro atoms. The van der Waals surface area contributed by atoms with Crippen molar-refractivity contribution >= 4 is 11.5 Å². The molecule has 0 aliphatic carbocycles. The van der Waals surface area contributed by atoms with Crippen molar-refractivity contribution in [2.24, 2.45) is 5.73 Å². The summed E-state index contributed by atoms with van der Waals surface area (Å²) < 4.78 is 6.79. The number of aromatic nitrogens is 2. The van der Waals surface area contributed by atoms with E-state index in [2.05, 4.69) is 4.98 Å². The lowest BCUT2D eigenvalue weighted by Gasteiger charge is -2.02. The normalized spacial score (nSPS) is 10.7. The molecule has 0 bridgehead atoms. The van der Waals surface area contributed by atoms with E-state index in [1.165, 1.54) is 7.11 Å². The largest absolute Gasteiger partial charge is 0.497 e. The first-order chi connectivity index (χ1) is 8.17. The van der Waals surface area contributed by atoms with Crippen LogP contribution < -0.4 is 10.5 Å². The summed E-state index contributed by atoms with van der Waals surface area (Å²) in [7, 11) is 1.53. The molecule has 0 atom stereocenters. The van der Waals surface area contributed by atoms with Crippen molar-refractivity contribution < 1.29 is 14.6 Å². The quantitative estimate of drug-likeness (QED) is 0.807. The van der Waals surface area contributed by atoms with Crippen LogP contribution in [-0.2, 0) is 6.42 Å². The molecule has 2 heterocycles. The Hall–Kier alpha value is -2.08. The maximum absolute atomic E-state index is 11.1. The van der Waals surface area contributed by atoms with E-state index in [1.54, 1.807) is 22.7 Å². The van der Waals surface area contributed by atoms with E-state index in [1.807, 2.05) is 0 Å². The van der Waals surface area contributed by atoms with Crippen molar-refractivity contribution in [1.29, 1.82) is 0 Å². The molecule has 0 aliphatic rings. The van der Waals surface area contributed by atoms with Gasteiger partial charge in [0.25, 0.3) is 0 Å². The Morgan fingerprint density at radius 2 is 2.41 bits per heavy atom. The Morgan fingerprint density at radius 1 is 1.65 bits per heavy atom. The molecule has 2 aromatic heterocycles. The molecule has 90 valence electrons. The monoisotopic (exact) mass is 235 g/mol. The SMILES string of the molecule is COc1ccn2c(CCN)nc(C(=O)O)c2c1. The maximum atomic E-state index is 11.1. The minimum absolute atomic E-state index is 0.0207. The molecular formula is C11H13N3O3. The summed E-state index contributed by atoms with van der Waals surface area (Å²) in [6, 6.07) is 3.40. The number of nitrogens with two attached hydrogens (primary N) is 1. The average molecular weight is 235 g/mol. The first-order valence-corrected chi connectivity index (χ1v) is 5.15. The van der Waals surface area contributed by atoms with Crippen molar-refractivity contribution in [2.45, 2.75) is 6.42 Å². The Labute approximate surface area is 97.6 Å². The van der Waals surface area contributed by atoms with Gasteiger partial charge >= 0.3 is 5.97 Å². The van der Waals surface area contributed by atoms with Crippen molar-refractivity contribution in [2.75, 3.05) is 13.7 Å². The number of rotatable bonds is 4. The number of carbonyl (C=O) groups is 1. The zero-order valence-electron chi connectivity index (χ0n) is 9.38. The van der Waals surface area contributed by atoms with Crippen LogP contribution in [0, 0.1) is 0 Å². The maximum Gasteiger partial charge on any atom is 0.356 e. The van der Waals surface area contributed by atoms with Gasteiger partial charge < -0.3 is 20.0 Å². The van der Waals surface area contributed by atoms with E-state index in [9.17, 15) is 4.79 Å². The van der Waals surface area contributed by atoms with Crippen LogP contribution in [0.5, 0.6) is 5.75 Å². The summed E-state index contributed by atoms with van der Waals surface area (Å²) >= 11 is 0. The van der Waals surface area contributed by atoms with Gasteiger partial charge in [-0.05, 0) is 12.6 Å². The molecule has 0 saturated heterocycles. The first-order valence-electron chi connectivity index (χ1n) is 5.15. The molecule has 3 N–H and O–H groups in total. The van der Waals surface area contributed by atoms with Gasteiger partial charge in [0.1, 0.15) is 11.6 Å². The number of methoxy groups -OCH3 is 1. The van der Waals surface area contributed by atoms with E-state index < -0.39 is 5.97 Å². The molecule has 2 aromatic rings. The number of pyridine rings is 1. The molecule has 6 nitrogen and oxygen atoms in total. The fourth-order valence-electron chi connectivity index (χ4n) is 1.72. The fraction of sp³-hybridized carbons (Fsp3) is 0.273. The lowest BCUT2D eigenvalue weighted by molar-refractivity contribution is 0.0693. The van der Waals surface area contributed by atoms with Gasteiger partial charge in [0.2, 0.25) is 0 Å². The van der Waals surface area contributed by atoms with Gasteiger partial charge in [0.05, 0.1) is 12.6 Å². The van der Waals surface area contributed by atoms with E-state index in [0.717, 1.165) is 0 Å². The van der Waals surface area contributed by atoms with E-state index in [-0.39, 0.29) is 5.69 Å². The molecule has 0 amide bonds. The summed E-state index contributed by atoms with van der Waals surface area (Å²) in [4.78, 5) is 15.2. The smallest absolute Gasteiger partial charge is 0.356 e. The zero-order chi connectivity index (χ0) is 12.4. The summed E-state index contributed by atoms with van der Waals surface area (Å²) in [5.41, 5.74) is 6.00. The molecule has 2 rings (SSSR count). The van der Waals surface area contributed by atoms with Crippen molar-refractivity contribution in [1.82, 2.24) is 9.38 Å². The number of ether oxygens (including phenoxy) is 1. The second-order valence-corrected chi connectivity index (χ2v) is 3.54. The van der Waals surface area contributed by atoms with Gasteiger partial charge in [-0.1, -0.05) is 0 Å².